The predicted molar refractivity (Wildman–Crippen MR) is 311 cm³/mol. The number of carboxylic acids is 1. The Hall–Kier alpha value is -2.79. The van der Waals surface area contributed by atoms with Gasteiger partial charge in [0.15, 0.2) is 12.6 Å². The molecule has 23 heteroatoms. The third-order valence-corrected chi connectivity index (χ3v) is 16.1. The van der Waals surface area contributed by atoms with Crippen molar-refractivity contribution in [2.24, 2.45) is 0 Å². The molecule has 3 aliphatic rings. The van der Waals surface area contributed by atoms with Crippen LogP contribution in [-0.2, 0) is 42.8 Å². The number of ether oxygens (including phenoxy) is 6. The van der Waals surface area contributed by atoms with Crippen molar-refractivity contribution in [1.82, 2.24) is 10.6 Å². The van der Waals surface area contributed by atoms with Crippen molar-refractivity contribution in [2.75, 3.05) is 26.4 Å². The summed E-state index contributed by atoms with van der Waals surface area (Å²) in [6.07, 6.45) is 9.72. The van der Waals surface area contributed by atoms with Gasteiger partial charge in [-0.25, -0.2) is 4.79 Å². The van der Waals surface area contributed by atoms with Gasteiger partial charge in [-0.05, 0) is 38.5 Å². The van der Waals surface area contributed by atoms with Crippen molar-refractivity contribution in [3.8, 4) is 0 Å². The van der Waals surface area contributed by atoms with Crippen LogP contribution in [0.1, 0.15) is 207 Å². The number of amides is 2. The lowest BCUT2D eigenvalue weighted by molar-refractivity contribution is -0.386. The second kappa shape index (κ2) is 43.0. The van der Waals surface area contributed by atoms with Crippen LogP contribution in [0.4, 0.5) is 0 Å². The minimum absolute atomic E-state index is 0.185. The fourth-order valence-corrected chi connectivity index (χ4v) is 11.0. The number of aliphatic hydroxyl groups is 11. The molecule has 0 aromatic carbocycles. The molecule has 0 radical (unpaired) electrons. The average Bonchev–Trinajstić information content (AvgIpc) is 1.22. The minimum atomic E-state index is -3.08. The Balaban J connectivity index is 1.63. The van der Waals surface area contributed by atoms with Crippen LogP contribution < -0.4 is 10.6 Å². The Morgan fingerprint density at radius 2 is 1.13 bits per heavy atom. The third-order valence-electron chi connectivity index (χ3n) is 16.1. The fraction of sp³-hybridized carbons (Fsp3) is 0.885. The molecular weight excluding hydrogens is 1100 g/mol. The number of hydrogen-bond donors (Lipinski definition) is 14. The zero-order valence-electron chi connectivity index (χ0n) is 50.5. The fourth-order valence-electron chi connectivity index (χ4n) is 11.0. The van der Waals surface area contributed by atoms with Crippen LogP contribution in [0.3, 0.4) is 0 Å². The Bertz CT molecular complexity index is 1820. The van der Waals surface area contributed by atoms with Crippen molar-refractivity contribution in [3.63, 3.8) is 0 Å². The summed E-state index contributed by atoms with van der Waals surface area (Å²) in [6.45, 7) is 2.05. The number of carbonyl (C=O) groups excluding carboxylic acids is 2. The van der Waals surface area contributed by atoms with Crippen molar-refractivity contribution in [3.05, 3.63) is 24.3 Å². The number of carbonyl (C=O) groups is 3. The standard InChI is InChI=1S/C61H110N2O21/c1-4-6-8-10-12-14-16-17-18-19-20-21-22-23-24-25-26-28-30-32-34-43(68)42(63-48(71)35-33-31-29-27-15-13-11-9-7-5-2)40-79-58-53(75)52(74)55(47(39-66)81-58)82-59-54(76)57(51(73)46(38-65)80-59)84-61(60(77)78)36-44(69)49(62-41(3)67)56(83-61)50(72)45(70)37-64/h11,13,32,34,42-47,49-59,64-66,68-70,72-76H,4-10,12,14-31,33,35-40H2,1-3H3,(H,62,67)(H,63,71)(H,77,78)/b13-11-,34-32+. The molecule has 0 spiro atoms. The topological polar surface area (TPSA) is 373 Å². The maximum absolute atomic E-state index is 13.3. The van der Waals surface area contributed by atoms with E-state index in [1.807, 2.05) is 6.08 Å². The van der Waals surface area contributed by atoms with Crippen LogP contribution in [0, 0.1) is 0 Å². The van der Waals surface area contributed by atoms with Gasteiger partial charge in [-0.1, -0.05) is 173 Å². The molecule has 3 aliphatic heterocycles. The highest BCUT2D eigenvalue weighted by Crippen LogP contribution is 2.38. The van der Waals surface area contributed by atoms with Gasteiger partial charge in [-0.15, -0.1) is 0 Å². The summed E-state index contributed by atoms with van der Waals surface area (Å²) >= 11 is 0. The highest BCUT2D eigenvalue weighted by molar-refractivity contribution is 5.77. The van der Waals surface area contributed by atoms with Gasteiger partial charge >= 0.3 is 5.97 Å². The van der Waals surface area contributed by atoms with E-state index in [0.717, 1.165) is 71.1 Å². The largest absolute Gasteiger partial charge is 0.477 e. The van der Waals surface area contributed by atoms with Gasteiger partial charge in [0.1, 0.15) is 67.1 Å². The quantitative estimate of drug-likeness (QED) is 0.0305. The molecular formula is C61H110N2O21. The van der Waals surface area contributed by atoms with Crippen molar-refractivity contribution in [2.45, 2.75) is 317 Å². The second-order valence-corrected chi connectivity index (χ2v) is 23.3. The maximum Gasteiger partial charge on any atom is 0.364 e. The van der Waals surface area contributed by atoms with Crippen LogP contribution >= 0.6 is 0 Å². The van der Waals surface area contributed by atoms with Gasteiger partial charge in [0.2, 0.25) is 11.8 Å². The first-order chi connectivity index (χ1) is 40.4. The molecule has 18 unspecified atom stereocenters. The number of aliphatic hydroxyl groups excluding tert-OH is 11. The summed E-state index contributed by atoms with van der Waals surface area (Å²) < 4.78 is 34.7. The van der Waals surface area contributed by atoms with Crippen molar-refractivity contribution in [1.29, 1.82) is 0 Å². The number of carboxylic acid groups (broad SMARTS) is 1. The van der Waals surface area contributed by atoms with E-state index in [1.165, 1.54) is 96.3 Å². The van der Waals surface area contributed by atoms with E-state index in [-0.39, 0.29) is 12.3 Å². The first kappa shape index (κ1) is 75.5. The van der Waals surface area contributed by atoms with Gasteiger partial charge < -0.3 is 100 Å². The van der Waals surface area contributed by atoms with E-state index < -0.39 is 155 Å². The van der Waals surface area contributed by atoms with Crippen LogP contribution in [0.15, 0.2) is 24.3 Å². The lowest BCUT2D eigenvalue weighted by Gasteiger charge is -2.50. The summed E-state index contributed by atoms with van der Waals surface area (Å²) in [4.78, 5) is 38.3. The van der Waals surface area contributed by atoms with Gasteiger partial charge in [-0.2, -0.15) is 0 Å². The predicted octanol–water partition coefficient (Wildman–Crippen LogP) is 3.72. The Morgan fingerprint density at radius 3 is 1.65 bits per heavy atom. The smallest absolute Gasteiger partial charge is 0.364 e. The molecule has 23 nitrogen and oxygen atoms in total. The van der Waals surface area contributed by atoms with E-state index in [4.69, 9.17) is 28.4 Å². The number of unbranched alkanes of at least 4 members (excludes halogenated alkanes) is 24. The average molecular weight is 1210 g/mol. The maximum atomic E-state index is 13.3. The lowest BCUT2D eigenvalue weighted by atomic mass is 9.88. The number of aliphatic carboxylic acids is 1. The first-order valence-electron chi connectivity index (χ1n) is 31.7. The molecule has 490 valence electrons. The van der Waals surface area contributed by atoms with Gasteiger partial charge in [-0.3, -0.25) is 9.59 Å². The summed E-state index contributed by atoms with van der Waals surface area (Å²) in [6, 6.07) is -2.62. The number of nitrogens with one attached hydrogen (secondary N) is 2. The molecule has 0 bridgehead atoms. The van der Waals surface area contributed by atoms with Crippen molar-refractivity contribution < 1.29 is 104 Å². The summed E-state index contributed by atoms with van der Waals surface area (Å²) in [5, 5.41) is 135. The lowest BCUT2D eigenvalue weighted by Crippen LogP contribution is -2.70. The molecule has 0 aromatic rings. The third kappa shape index (κ3) is 26.5. The van der Waals surface area contributed by atoms with Crippen LogP contribution in [0.2, 0.25) is 0 Å². The molecule has 3 saturated heterocycles. The van der Waals surface area contributed by atoms with Gasteiger partial charge in [0.05, 0.1) is 50.7 Å². The molecule has 0 saturated carbocycles. The molecule has 2 amide bonds. The first-order valence-corrected chi connectivity index (χ1v) is 31.7. The highest BCUT2D eigenvalue weighted by atomic mass is 16.8. The van der Waals surface area contributed by atoms with Crippen LogP contribution in [0.25, 0.3) is 0 Å². The van der Waals surface area contributed by atoms with Crippen LogP contribution in [0.5, 0.6) is 0 Å². The normalized spacial score (nSPS) is 29.9. The molecule has 3 fully saturated rings. The molecule has 14 N–H and O–H groups in total. The Labute approximate surface area is 498 Å². The molecule has 18 atom stereocenters. The van der Waals surface area contributed by atoms with Gasteiger partial charge in [0, 0.05) is 19.8 Å². The SMILES string of the molecule is CCCC/C=C\CCCCCCC(=O)NC(COC1OC(CO)C(OC2OC(CO)C(O)C(OC3(C(=O)O)CC(O)C(NC(C)=O)C(C(O)C(O)CO)O3)C2O)C(O)C1O)C(O)/C=C/CCCCCCCCCCCCCCCCCCCC. The van der Waals surface area contributed by atoms with Gasteiger partial charge in [0.25, 0.3) is 5.79 Å². The zero-order chi connectivity index (χ0) is 61.9. The van der Waals surface area contributed by atoms with E-state index in [0.29, 0.717) is 12.8 Å². The molecule has 84 heavy (non-hydrogen) atoms. The summed E-state index contributed by atoms with van der Waals surface area (Å²) in [5.74, 6) is -6.16. The minimum Gasteiger partial charge on any atom is -0.477 e. The van der Waals surface area contributed by atoms with E-state index >= 15 is 0 Å². The number of rotatable bonds is 46. The zero-order valence-corrected chi connectivity index (χ0v) is 50.5. The Kier molecular flexibility index (Phi) is 38.6. The Morgan fingerprint density at radius 1 is 0.619 bits per heavy atom. The summed E-state index contributed by atoms with van der Waals surface area (Å²) in [7, 11) is 0. The molecule has 3 heterocycles. The second-order valence-electron chi connectivity index (χ2n) is 23.3. The van der Waals surface area contributed by atoms with E-state index in [1.54, 1.807) is 6.08 Å². The number of allylic oxidation sites excluding steroid dienone is 3. The molecule has 0 aliphatic carbocycles. The highest BCUT2D eigenvalue weighted by Gasteiger charge is 2.60. The van der Waals surface area contributed by atoms with E-state index in [2.05, 4.69) is 36.6 Å². The molecule has 3 rings (SSSR count). The summed E-state index contributed by atoms with van der Waals surface area (Å²) in [5.41, 5.74) is 0. The van der Waals surface area contributed by atoms with Crippen molar-refractivity contribution >= 4 is 17.8 Å². The number of hydrogen-bond acceptors (Lipinski definition) is 20. The monoisotopic (exact) mass is 1210 g/mol. The van der Waals surface area contributed by atoms with E-state index in [9.17, 15) is 75.7 Å². The molecule has 0 aromatic heterocycles. The van der Waals surface area contributed by atoms with Crippen LogP contribution in [-0.4, -0.2) is 215 Å².